The summed E-state index contributed by atoms with van der Waals surface area (Å²) in [5.74, 6) is 0.668. The van der Waals surface area contributed by atoms with Crippen LogP contribution in [0.3, 0.4) is 0 Å². The van der Waals surface area contributed by atoms with Crippen LogP contribution in [0.1, 0.15) is 32.6 Å². The number of carbonyl (C=O) groups excluding carboxylic acids is 1. The quantitative estimate of drug-likeness (QED) is 0.602. The predicted octanol–water partition coefficient (Wildman–Crippen LogP) is 1.75. The summed E-state index contributed by atoms with van der Waals surface area (Å²) in [4.78, 5) is 11.4. The van der Waals surface area contributed by atoms with Gasteiger partial charge in [-0.15, -0.1) is 0 Å². The molecule has 0 radical (unpaired) electrons. The molecule has 1 aliphatic carbocycles. The van der Waals surface area contributed by atoms with E-state index in [0.717, 1.165) is 25.7 Å². The van der Waals surface area contributed by atoms with Gasteiger partial charge in [-0.3, -0.25) is 4.79 Å². The monoisotopic (exact) mass is 198 g/mol. The van der Waals surface area contributed by atoms with E-state index in [2.05, 4.69) is 6.92 Å². The highest BCUT2D eigenvalue weighted by atomic mass is 16.5. The maximum absolute atomic E-state index is 11.4. The molecule has 1 heterocycles. The van der Waals surface area contributed by atoms with Crippen LogP contribution in [0.25, 0.3) is 0 Å². The minimum atomic E-state index is -0.0389. The van der Waals surface area contributed by atoms with E-state index in [0.29, 0.717) is 18.1 Å². The number of ether oxygens (including phenoxy) is 2. The summed E-state index contributed by atoms with van der Waals surface area (Å²) in [5.41, 5.74) is 0. The Morgan fingerprint density at radius 2 is 2.14 bits per heavy atom. The first kappa shape index (κ1) is 9.97. The standard InChI is InChI=1S/C11H18O3/c1-7-5-9-6-8(11(12)13-2)3-4-10(9)14-7/h7-10H,3-6H2,1-2H3/t7-,8+,9-,10+/m1/s1. The van der Waals surface area contributed by atoms with Crippen molar-refractivity contribution in [2.75, 3.05) is 7.11 Å². The first-order valence-electron chi connectivity index (χ1n) is 5.44. The Morgan fingerprint density at radius 3 is 2.86 bits per heavy atom. The van der Waals surface area contributed by atoms with Gasteiger partial charge in [-0.1, -0.05) is 0 Å². The second kappa shape index (κ2) is 3.89. The molecule has 0 aromatic carbocycles. The van der Waals surface area contributed by atoms with Crippen molar-refractivity contribution in [1.29, 1.82) is 0 Å². The molecule has 0 aromatic heterocycles. The molecule has 0 unspecified atom stereocenters. The van der Waals surface area contributed by atoms with E-state index in [1.54, 1.807) is 0 Å². The van der Waals surface area contributed by atoms with E-state index >= 15 is 0 Å². The lowest BCUT2D eigenvalue weighted by atomic mass is 9.79. The SMILES string of the molecule is COC(=O)[C@H]1CC[C@@H]2O[C@H](C)C[C@@H]2C1. The molecule has 80 valence electrons. The van der Waals surface area contributed by atoms with E-state index in [4.69, 9.17) is 9.47 Å². The van der Waals surface area contributed by atoms with Crippen molar-refractivity contribution in [3.05, 3.63) is 0 Å². The van der Waals surface area contributed by atoms with Gasteiger partial charge in [-0.2, -0.15) is 0 Å². The number of hydrogen-bond donors (Lipinski definition) is 0. The number of esters is 1. The fraction of sp³-hybridized carbons (Fsp3) is 0.909. The molecule has 2 rings (SSSR count). The lowest BCUT2D eigenvalue weighted by Crippen LogP contribution is -2.30. The van der Waals surface area contributed by atoms with Crippen molar-refractivity contribution >= 4 is 5.97 Å². The molecule has 0 spiro atoms. The summed E-state index contributed by atoms with van der Waals surface area (Å²) in [5, 5.41) is 0. The van der Waals surface area contributed by atoms with Crippen LogP contribution in [-0.4, -0.2) is 25.3 Å². The van der Waals surface area contributed by atoms with E-state index in [9.17, 15) is 4.79 Å². The normalized spacial score (nSPS) is 41.9. The van der Waals surface area contributed by atoms with Crippen LogP contribution < -0.4 is 0 Å². The molecular formula is C11H18O3. The highest BCUT2D eigenvalue weighted by Crippen LogP contribution is 2.40. The first-order chi connectivity index (χ1) is 6.70. The number of methoxy groups -OCH3 is 1. The molecule has 4 atom stereocenters. The molecule has 2 fully saturated rings. The summed E-state index contributed by atoms with van der Waals surface area (Å²) in [7, 11) is 1.47. The summed E-state index contributed by atoms with van der Waals surface area (Å²) < 4.78 is 10.6. The van der Waals surface area contributed by atoms with Crippen LogP contribution >= 0.6 is 0 Å². The van der Waals surface area contributed by atoms with E-state index in [-0.39, 0.29) is 11.9 Å². The zero-order valence-electron chi connectivity index (χ0n) is 8.86. The van der Waals surface area contributed by atoms with Gasteiger partial charge >= 0.3 is 5.97 Å². The molecule has 3 heteroatoms. The van der Waals surface area contributed by atoms with Crippen molar-refractivity contribution < 1.29 is 14.3 Å². The predicted molar refractivity (Wildman–Crippen MR) is 51.8 cm³/mol. The van der Waals surface area contributed by atoms with Crippen LogP contribution in [0.5, 0.6) is 0 Å². The molecular weight excluding hydrogens is 180 g/mol. The van der Waals surface area contributed by atoms with Gasteiger partial charge in [-0.05, 0) is 38.5 Å². The number of carbonyl (C=O) groups is 1. The van der Waals surface area contributed by atoms with Crippen molar-refractivity contribution in [2.45, 2.75) is 44.8 Å². The lowest BCUT2D eigenvalue weighted by molar-refractivity contribution is -0.147. The van der Waals surface area contributed by atoms with Crippen molar-refractivity contribution in [3.63, 3.8) is 0 Å². The largest absolute Gasteiger partial charge is 0.469 e. The van der Waals surface area contributed by atoms with Crippen molar-refractivity contribution in [1.82, 2.24) is 0 Å². The Bertz CT molecular complexity index is 227. The fourth-order valence-electron chi connectivity index (χ4n) is 2.82. The fourth-order valence-corrected chi connectivity index (χ4v) is 2.82. The van der Waals surface area contributed by atoms with Crippen molar-refractivity contribution in [3.8, 4) is 0 Å². The second-order valence-electron chi connectivity index (χ2n) is 4.51. The minimum Gasteiger partial charge on any atom is -0.469 e. The summed E-state index contributed by atoms with van der Waals surface area (Å²) in [6.07, 6.45) is 4.81. The Morgan fingerprint density at radius 1 is 1.36 bits per heavy atom. The highest BCUT2D eigenvalue weighted by Gasteiger charge is 2.40. The van der Waals surface area contributed by atoms with E-state index in [1.807, 2.05) is 0 Å². The summed E-state index contributed by atoms with van der Waals surface area (Å²) in [6.45, 7) is 2.12. The molecule has 0 N–H and O–H groups in total. The van der Waals surface area contributed by atoms with E-state index < -0.39 is 0 Å². The molecule has 3 nitrogen and oxygen atoms in total. The molecule has 0 aromatic rings. The molecule has 1 aliphatic heterocycles. The van der Waals surface area contributed by atoms with Crippen LogP contribution in [-0.2, 0) is 14.3 Å². The van der Waals surface area contributed by atoms with E-state index in [1.165, 1.54) is 7.11 Å². The van der Waals surface area contributed by atoms with Gasteiger partial charge in [0.1, 0.15) is 0 Å². The summed E-state index contributed by atoms with van der Waals surface area (Å²) >= 11 is 0. The maximum atomic E-state index is 11.4. The van der Waals surface area contributed by atoms with Crippen LogP contribution in [0.15, 0.2) is 0 Å². The zero-order valence-corrected chi connectivity index (χ0v) is 8.86. The number of hydrogen-bond acceptors (Lipinski definition) is 3. The molecule has 0 amide bonds. The Balaban J connectivity index is 1.94. The maximum Gasteiger partial charge on any atom is 0.308 e. The Hall–Kier alpha value is -0.570. The van der Waals surface area contributed by atoms with Gasteiger partial charge in [0.15, 0.2) is 0 Å². The second-order valence-corrected chi connectivity index (χ2v) is 4.51. The average Bonchev–Trinajstić information content (AvgIpc) is 2.55. The summed E-state index contributed by atoms with van der Waals surface area (Å²) in [6, 6.07) is 0. The highest BCUT2D eigenvalue weighted by molar-refractivity contribution is 5.72. The Kier molecular flexibility index (Phi) is 2.77. The molecule has 1 saturated carbocycles. The minimum absolute atomic E-state index is 0.0389. The van der Waals surface area contributed by atoms with Crippen LogP contribution in [0.4, 0.5) is 0 Å². The third-order valence-electron chi connectivity index (χ3n) is 3.49. The van der Waals surface area contributed by atoms with Gasteiger partial charge in [-0.25, -0.2) is 0 Å². The molecule has 1 saturated heterocycles. The average molecular weight is 198 g/mol. The molecule has 0 bridgehead atoms. The zero-order chi connectivity index (χ0) is 10.1. The van der Waals surface area contributed by atoms with Crippen molar-refractivity contribution in [2.24, 2.45) is 11.8 Å². The third-order valence-corrected chi connectivity index (χ3v) is 3.49. The van der Waals surface area contributed by atoms with Gasteiger partial charge in [0, 0.05) is 0 Å². The molecule has 2 aliphatic rings. The first-order valence-corrected chi connectivity index (χ1v) is 5.44. The van der Waals surface area contributed by atoms with Gasteiger partial charge in [0.25, 0.3) is 0 Å². The lowest BCUT2D eigenvalue weighted by Gasteiger charge is -2.28. The Labute approximate surface area is 84.8 Å². The van der Waals surface area contributed by atoms with Gasteiger partial charge < -0.3 is 9.47 Å². The molecule has 14 heavy (non-hydrogen) atoms. The number of rotatable bonds is 1. The third kappa shape index (κ3) is 1.78. The van der Waals surface area contributed by atoms with Crippen LogP contribution in [0, 0.1) is 11.8 Å². The van der Waals surface area contributed by atoms with Gasteiger partial charge in [0.05, 0.1) is 25.2 Å². The van der Waals surface area contributed by atoms with Gasteiger partial charge in [0.2, 0.25) is 0 Å². The van der Waals surface area contributed by atoms with Crippen LogP contribution in [0.2, 0.25) is 0 Å². The smallest absolute Gasteiger partial charge is 0.308 e. The topological polar surface area (TPSA) is 35.5 Å². The number of fused-ring (bicyclic) bond motifs is 1.